The number of carbonyl (C=O) groups excluding carboxylic acids is 1. The minimum absolute atomic E-state index is 0.122. The van der Waals surface area contributed by atoms with Gasteiger partial charge >= 0.3 is 0 Å². The summed E-state index contributed by atoms with van der Waals surface area (Å²) >= 11 is 5.97. The number of hydrogen-bond donors (Lipinski definition) is 2. The molecule has 0 aromatic heterocycles. The Bertz CT molecular complexity index is 726. The third kappa shape index (κ3) is 4.44. The highest BCUT2D eigenvalue weighted by atomic mass is 35.5. The summed E-state index contributed by atoms with van der Waals surface area (Å²) in [6.45, 7) is 2.23. The average molecular weight is 359 g/mol. The Labute approximate surface area is 153 Å². The number of nitrogens with one attached hydrogen (secondary N) is 1. The summed E-state index contributed by atoms with van der Waals surface area (Å²) < 4.78 is 0. The highest BCUT2D eigenvalue weighted by Gasteiger charge is 2.25. The van der Waals surface area contributed by atoms with Crippen LogP contribution in [0.5, 0.6) is 0 Å². The number of carbonyl (C=O) groups is 1. The van der Waals surface area contributed by atoms with E-state index in [-0.39, 0.29) is 12.1 Å². The first-order valence-corrected chi connectivity index (χ1v) is 8.73. The molecule has 0 saturated heterocycles. The van der Waals surface area contributed by atoms with Crippen molar-refractivity contribution in [2.45, 2.75) is 19.1 Å². The molecule has 0 radical (unpaired) electrons. The van der Waals surface area contributed by atoms with Crippen molar-refractivity contribution in [3.05, 3.63) is 70.5 Å². The molecular formula is C19H23ClN4O. The second-order valence-electron chi connectivity index (χ2n) is 6.41. The van der Waals surface area contributed by atoms with Crippen molar-refractivity contribution in [2.24, 2.45) is 5.73 Å². The number of amides is 1. The largest absolute Gasteiger partial charge is 0.402 e. The molecule has 0 bridgehead atoms. The number of halogens is 1. The number of nitrogens with zero attached hydrogens (tertiary/aromatic N) is 2. The first kappa shape index (κ1) is 17.6. The standard InChI is InChI=1S/C19H23ClN4O/c1-23-12-15(20)7-8-18(23)22-19(25)16-13-24(10-9-17(16)21)11-14-5-3-2-4-6-14/h2-8,12,18H,9-11,13,21H2,1H3,(H,22,25). The van der Waals surface area contributed by atoms with Gasteiger partial charge in [-0.3, -0.25) is 9.69 Å². The second kappa shape index (κ2) is 7.76. The molecule has 5 nitrogen and oxygen atoms in total. The summed E-state index contributed by atoms with van der Waals surface area (Å²) in [5.74, 6) is -0.122. The maximum atomic E-state index is 12.7. The first-order valence-electron chi connectivity index (χ1n) is 8.35. The van der Waals surface area contributed by atoms with Gasteiger partial charge < -0.3 is 16.0 Å². The molecule has 1 atom stereocenters. The molecule has 132 valence electrons. The molecular weight excluding hydrogens is 336 g/mol. The van der Waals surface area contributed by atoms with Crippen molar-refractivity contribution in [3.8, 4) is 0 Å². The van der Waals surface area contributed by atoms with Crippen LogP contribution in [-0.4, -0.2) is 42.0 Å². The van der Waals surface area contributed by atoms with Crippen molar-refractivity contribution in [1.82, 2.24) is 15.1 Å². The maximum absolute atomic E-state index is 12.7. The van der Waals surface area contributed by atoms with E-state index in [2.05, 4.69) is 22.3 Å². The summed E-state index contributed by atoms with van der Waals surface area (Å²) in [5.41, 5.74) is 8.69. The number of nitrogens with two attached hydrogens (primary N) is 1. The Morgan fingerprint density at radius 3 is 2.84 bits per heavy atom. The zero-order chi connectivity index (χ0) is 17.8. The molecule has 1 amide bonds. The number of rotatable bonds is 4. The van der Waals surface area contributed by atoms with Gasteiger partial charge in [-0.05, 0) is 17.7 Å². The third-order valence-corrected chi connectivity index (χ3v) is 4.70. The Balaban J connectivity index is 1.64. The molecule has 2 aliphatic heterocycles. The Hall–Kier alpha value is -2.24. The molecule has 25 heavy (non-hydrogen) atoms. The third-order valence-electron chi connectivity index (χ3n) is 4.47. The monoisotopic (exact) mass is 358 g/mol. The summed E-state index contributed by atoms with van der Waals surface area (Å²) in [4.78, 5) is 16.8. The molecule has 6 heteroatoms. The molecule has 3 rings (SSSR count). The van der Waals surface area contributed by atoms with Crippen LogP contribution in [0.1, 0.15) is 12.0 Å². The second-order valence-corrected chi connectivity index (χ2v) is 6.84. The van der Waals surface area contributed by atoms with E-state index < -0.39 is 0 Å². The lowest BCUT2D eigenvalue weighted by Crippen LogP contribution is -2.47. The van der Waals surface area contributed by atoms with E-state index in [1.807, 2.05) is 36.2 Å². The fraction of sp³-hybridized carbons (Fsp3) is 0.316. The normalized spacial score (nSPS) is 21.3. The fourth-order valence-corrected chi connectivity index (χ4v) is 3.26. The van der Waals surface area contributed by atoms with Crippen LogP contribution >= 0.6 is 11.6 Å². The fourth-order valence-electron chi connectivity index (χ4n) is 3.04. The van der Waals surface area contributed by atoms with E-state index >= 15 is 0 Å². The maximum Gasteiger partial charge on any atom is 0.252 e. The van der Waals surface area contributed by atoms with Crippen LogP contribution in [0, 0.1) is 0 Å². The number of benzene rings is 1. The molecule has 0 saturated carbocycles. The average Bonchev–Trinajstić information content (AvgIpc) is 2.60. The zero-order valence-corrected chi connectivity index (χ0v) is 15.0. The lowest BCUT2D eigenvalue weighted by Gasteiger charge is -2.32. The van der Waals surface area contributed by atoms with Gasteiger partial charge in [0.15, 0.2) is 0 Å². The SMILES string of the molecule is CN1C=C(Cl)C=CC1NC(=O)C1=C(N)CCN(Cc2ccccc2)C1. The molecule has 3 N–H and O–H groups in total. The highest BCUT2D eigenvalue weighted by Crippen LogP contribution is 2.18. The minimum atomic E-state index is -0.222. The minimum Gasteiger partial charge on any atom is -0.402 e. The Kier molecular flexibility index (Phi) is 5.46. The van der Waals surface area contributed by atoms with Crippen LogP contribution in [0.3, 0.4) is 0 Å². The highest BCUT2D eigenvalue weighted by molar-refractivity contribution is 6.31. The Morgan fingerprint density at radius 1 is 1.36 bits per heavy atom. The molecule has 1 unspecified atom stereocenters. The Morgan fingerprint density at radius 2 is 2.12 bits per heavy atom. The number of allylic oxidation sites excluding steroid dienone is 2. The number of likely N-dealkylation sites (N-methyl/N-ethyl adjacent to an activating group) is 1. The predicted octanol–water partition coefficient (Wildman–Crippen LogP) is 2.13. The van der Waals surface area contributed by atoms with Gasteiger partial charge in [-0.2, -0.15) is 0 Å². The van der Waals surface area contributed by atoms with Gasteiger partial charge in [-0.25, -0.2) is 0 Å². The van der Waals surface area contributed by atoms with Crippen LogP contribution < -0.4 is 11.1 Å². The van der Waals surface area contributed by atoms with Crippen LogP contribution in [0.15, 0.2) is 65.0 Å². The van der Waals surface area contributed by atoms with Crippen LogP contribution in [-0.2, 0) is 11.3 Å². The van der Waals surface area contributed by atoms with Crippen molar-refractivity contribution >= 4 is 17.5 Å². The summed E-state index contributed by atoms with van der Waals surface area (Å²) in [6, 6.07) is 10.3. The topological polar surface area (TPSA) is 61.6 Å². The lowest BCUT2D eigenvalue weighted by atomic mass is 10.0. The lowest BCUT2D eigenvalue weighted by molar-refractivity contribution is -0.119. The molecule has 0 spiro atoms. The van der Waals surface area contributed by atoms with Gasteiger partial charge in [-0.1, -0.05) is 41.9 Å². The van der Waals surface area contributed by atoms with Crippen molar-refractivity contribution < 1.29 is 4.79 Å². The first-order chi connectivity index (χ1) is 12.0. The van der Waals surface area contributed by atoms with Gasteiger partial charge in [0.05, 0.1) is 5.03 Å². The molecule has 1 aromatic carbocycles. The smallest absolute Gasteiger partial charge is 0.252 e. The van der Waals surface area contributed by atoms with E-state index in [0.29, 0.717) is 29.3 Å². The summed E-state index contributed by atoms with van der Waals surface area (Å²) in [5, 5.41) is 3.64. The van der Waals surface area contributed by atoms with E-state index in [0.717, 1.165) is 13.1 Å². The zero-order valence-electron chi connectivity index (χ0n) is 14.3. The number of hydrogen-bond acceptors (Lipinski definition) is 4. The molecule has 2 heterocycles. The summed E-state index contributed by atoms with van der Waals surface area (Å²) in [7, 11) is 1.87. The van der Waals surface area contributed by atoms with Crippen molar-refractivity contribution in [3.63, 3.8) is 0 Å². The van der Waals surface area contributed by atoms with Crippen molar-refractivity contribution in [2.75, 3.05) is 20.1 Å². The van der Waals surface area contributed by atoms with E-state index in [9.17, 15) is 4.79 Å². The predicted molar refractivity (Wildman–Crippen MR) is 100 cm³/mol. The van der Waals surface area contributed by atoms with Crippen LogP contribution in [0.25, 0.3) is 0 Å². The summed E-state index contributed by atoms with van der Waals surface area (Å²) in [6.07, 6.45) is 5.92. The van der Waals surface area contributed by atoms with Gasteiger partial charge in [-0.15, -0.1) is 0 Å². The van der Waals surface area contributed by atoms with Crippen LogP contribution in [0.2, 0.25) is 0 Å². The van der Waals surface area contributed by atoms with Gasteiger partial charge in [0, 0.05) is 50.6 Å². The quantitative estimate of drug-likeness (QED) is 0.865. The van der Waals surface area contributed by atoms with E-state index in [1.165, 1.54) is 5.56 Å². The van der Waals surface area contributed by atoms with E-state index in [4.69, 9.17) is 17.3 Å². The molecule has 1 aromatic rings. The molecule has 2 aliphatic rings. The van der Waals surface area contributed by atoms with Gasteiger partial charge in [0.2, 0.25) is 0 Å². The van der Waals surface area contributed by atoms with E-state index in [1.54, 1.807) is 12.3 Å². The van der Waals surface area contributed by atoms with Crippen molar-refractivity contribution in [1.29, 1.82) is 0 Å². The van der Waals surface area contributed by atoms with Crippen LogP contribution in [0.4, 0.5) is 0 Å². The van der Waals surface area contributed by atoms with Gasteiger partial charge in [0.1, 0.15) is 6.17 Å². The molecule has 0 fully saturated rings. The van der Waals surface area contributed by atoms with Gasteiger partial charge in [0.25, 0.3) is 5.91 Å². The molecule has 0 aliphatic carbocycles.